The van der Waals surface area contributed by atoms with Gasteiger partial charge in [0.25, 0.3) is 0 Å². The molecule has 1 aromatic rings. The Labute approximate surface area is 129 Å². The molecular weight excluding hydrogens is 285 g/mol. The number of anilines is 1. The molecule has 3 rings (SSSR count). The van der Waals surface area contributed by atoms with E-state index in [0.717, 1.165) is 24.8 Å². The summed E-state index contributed by atoms with van der Waals surface area (Å²) < 4.78 is 18.8. The fourth-order valence-corrected chi connectivity index (χ4v) is 3.12. The Morgan fingerprint density at radius 3 is 2.91 bits per heavy atom. The largest absolute Gasteiger partial charge is 0.444 e. The summed E-state index contributed by atoms with van der Waals surface area (Å²) in [7, 11) is 0. The van der Waals surface area contributed by atoms with E-state index in [1.165, 1.54) is 6.07 Å². The number of amides is 1. The van der Waals surface area contributed by atoms with Crippen molar-refractivity contribution in [3.8, 4) is 0 Å². The summed E-state index contributed by atoms with van der Waals surface area (Å²) in [6, 6.07) is 3.16. The molecule has 0 bridgehead atoms. The molecule has 2 aliphatic heterocycles. The van der Waals surface area contributed by atoms with Gasteiger partial charge < -0.3 is 15.0 Å². The van der Waals surface area contributed by atoms with Crippen molar-refractivity contribution in [2.45, 2.75) is 51.2 Å². The van der Waals surface area contributed by atoms with Crippen molar-refractivity contribution in [3.05, 3.63) is 23.6 Å². The first kappa shape index (κ1) is 15.1. The highest BCUT2D eigenvalue weighted by Crippen LogP contribution is 2.36. The summed E-state index contributed by atoms with van der Waals surface area (Å²) in [5.41, 5.74) is 0.317. The number of carbonyl (C=O) groups is 1. The lowest BCUT2D eigenvalue weighted by Crippen LogP contribution is -2.46. The first-order valence-corrected chi connectivity index (χ1v) is 7.68. The van der Waals surface area contributed by atoms with Crippen molar-refractivity contribution < 1.29 is 13.9 Å². The molecule has 1 fully saturated rings. The molecule has 1 unspecified atom stereocenters. The van der Waals surface area contributed by atoms with E-state index in [1.54, 1.807) is 11.0 Å². The Balaban J connectivity index is 1.71. The molecule has 120 valence electrons. The summed E-state index contributed by atoms with van der Waals surface area (Å²) in [5.74, 6) is 0.127. The number of aryl methyl sites for hydroxylation is 1. The monoisotopic (exact) mass is 307 g/mol. The summed E-state index contributed by atoms with van der Waals surface area (Å²) >= 11 is 0. The molecule has 3 heterocycles. The molecule has 0 aromatic carbocycles. The fraction of sp³-hybridized carbons (Fsp3) is 0.625. The minimum absolute atomic E-state index is 0.218. The van der Waals surface area contributed by atoms with Crippen LogP contribution in [0.5, 0.6) is 0 Å². The topological polar surface area (TPSA) is 54.5 Å². The van der Waals surface area contributed by atoms with Gasteiger partial charge in [-0.2, -0.15) is 4.39 Å². The molecular formula is C16H22FN3O2. The predicted octanol–water partition coefficient (Wildman–Crippen LogP) is 2.96. The zero-order valence-electron chi connectivity index (χ0n) is 13.3. The van der Waals surface area contributed by atoms with E-state index in [0.29, 0.717) is 18.9 Å². The maximum Gasteiger partial charge on any atom is 0.410 e. The van der Waals surface area contributed by atoms with Crippen LogP contribution >= 0.6 is 0 Å². The molecule has 0 saturated carbocycles. The van der Waals surface area contributed by atoms with Crippen LogP contribution in [0.3, 0.4) is 0 Å². The second kappa shape index (κ2) is 5.11. The average Bonchev–Trinajstić information content (AvgIpc) is 2.80. The van der Waals surface area contributed by atoms with Crippen LogP contribution < -0.4 is 5.32 Å². The predicted molar refractivity (Wildman–Crippen MR) is 81.3 cm³/mol. The Bertz CT molecular complexity index is 600. The molecule has 1 N–H and O–H groups in total. The fourth-order valence-electron chi connectivity index (χ4n) is 3.12. The quantitative estimate of drug-likeness (QED) is 0.749. The standard InChI is InChI=1S/C16H22FN3O2/c1-15(2,3)22-14(21)20-9-8-16(10-20)7-6-11-4-5-12(17)18-13(11)19-16/h4-5H,6-10H2,1-3H3,(H,18,19). The second-order valence-electron chi connectivity index (χ2n) is 7.20. The SMILES string of the molecule is CC(C)(C)OC(=O)N1CCC2(CCc3ccc(F)nc3N2)C1. The van der Waals surface area contributed by atoms with E-state index in [4.69, 9.17) is 4.74 Å². The molecule has 1 saturated heterocycles. The van der Waals surface area contributed by atoms with Gasteiger partial charge in [0.05, 0.1) is 5.54 Å². The van der Waals surface area contributed by atoms with Crippen LogP contribution in [-0.4, -0.2) is 40.2 Å². The first-order chi connectivity index (χ1) is 10.3. The lowest BCUT2D eigenvalue weighted by Gasteiger charge is -2.36. The minimum atomic E-state index is -0.496. The molecule has 1 amide bonds. The van der Waals surface area contributed by atoms with E-state index >= 15 is 0 Å². The lowest BCUT2D eigenvalue weighted by molar-refractivity contribution is 0.0285. The first-order valence-electron chi connectivity index (χ1n) is 7.68. The van der Waals surface area contributed by atoms with Crippen molar-refractivity contribution in [2.75, 3.05) is 18.4 Å². The normalized spacial score (nSPS) is 24.1. The number of halogens is 1. The number of carbonyl (C=O) groups excluding carboxylic acids is 1. The highest BCUT2D eigenvalue weighted by Gasteiger charge is 2.43. The second-order valence-corrected chi connectivity index (χ2v) is 7.20. The smallest absolute Gasteiger partial charge is 0.410 e. The third kappa shape index (κ3) is 3.00. The van der Waals surface area contributed by atoms with Crippen LogP contribution in [0.4, 0.5) is 15.0 Å². The molecule has 1 atom stereocenters. The Morgan fingerprint density at radius 1 is 1.41 bits per heavy atom. The van der Waals surface area contributed by atoms with E-state index in [2.05, 4.69) is 10.3 Å². The number of fused-ring (bicyclic) bond motifs is 1. The van der Waals surface area contributed by atoms with Crippen LogP contribution in [0, 0.1) is 5.95 Å². The van der Waals surface area contributed by atoms with E-state index in [1.807, 2.05) is 20.8 Å². The Kier molecular flexibility index (Phi) is 3.50. The molecule has 22 heavy (non-hydrogen) atoms. The summed E-state index contributed by atoms with van der Waals surface area (Å²) in [6.07, 6.45) is 2.29. The van der Waals surface area contributed by atoms with Gasteiger partial charge in [0.15, 0.2) is 0 Å². The number of ether oxygens (including phenoxy) is 1. The van der Waals surface area contributed by atoms with E-state index in [-0.39, 0.29) is 11.6 Å². The Hall–Kier alpha value is -1.85. The van der Waals surface area contributed by atoms with E-state index in [9.17, 15) is 9.18 Å². The van der Waals surface area contributed by atoms with Gasteiger partial charge in [-0.05, 0) is 51.7 Å². The maximum absolute atomic E-state index is 13.3. The number of likely N-dealkylation sites (tertiary alicyclic amines) is 1. The number of pyridine rings is 1. The van der Waals surface area contributed by atoms with Gasteiger partial charge in [-0.25, -0.2) is 9.78 Å². The maximum atomic E-state index is 13.3. The molecule has 2 aliphatic rings. The van der Waals surface area contributed by atoms with E-state index < -0.39 is 11.5 Å². The zero-order chi connectivity index (χ0) is 16.0. The van der Waals surface area contributed by atoms with Crippen LogP contribution in [-0.2, 0) is 11.2 Å². The van der Waals surface area contributed by atoms with Crippen LogP contribution in [0.25, 0.3) is 0 Å². The van der Waals surface area contributed by atoms with Crippen molar-refractivity contribution in [2.24, 2.45) is 0 Å². The third-order valence-electron chi connectivity index (χ3n) is 4.21. The van der Waals surface area contributed by atoms with Gasteiger partial charge in [0.1, 0.15) is 11.4 Å². The molecule has 0 aliphatic carbocycles. The van der Waals surface area contributed by atoms with Crippen molar-refractivity contribution in [1.29, 1.82) is 0 Å². The molecule has 5 nitrogen and oxygen atoms in total. The van der Waals surface area contributed by atoms with Gasteiger partial charge in [0.2, 0.25) is 5.95 Å². The highest BCUT2D eigenvalue weighted by molar-refractivity contribution is 5.69. The third-order valence-corrected chi connectivity index (χ3v) is 4.21. The minimum Gasteiger partial charge on any atom is -0.444 e. The average molecular weight is 307 g/mol. The lowest BCUT2D eigenvalue weighted by atomic mass is 9.87. The van der Waals surface area contributed by atoms with Crippen LogP contribution in [0.15, 0.2) is 12.1 Å². The van der Waals surface area contributed by atoms with Crippen molar-refractivity contribution in [3.63, 3.8) is 0 Å². The van der Waals surface area contributed by atoms with Gasteiger partial charge in [0, 0.05) is 13.1 Å². The summed E-state index contributed by atoms with van der Waals surface area (Å²) in [4.78, 5) is 17.9. The molecule has 1 aromatic heterocycles. The molecule has 0 radical (unpaired) electrons. The number of nitrogens with one attached hydrogen (secondary N) is 1. The summed E-state index contributed by atoms with van der Waals surface area (Å²) in [6.45, 7) is 6.79. The van der Waals surface area contributed by atoms with Crippen molar-refractivity contribution >= 4 is 11.9 Å². The number of hydrogen-bond acceptors (Lipinski definition) is 4. The van der Waals surface area contributed by atoms with Gasteiger partial charge in [-0.3, -0.25) is 0 Å². The number of hydrogen-bond donors (Lipinski definition) is 1. The van der Waals surface area contributed by atoms with Crippen molar-refractivity contribution in [1.82, 2.24) is 9.88 Å². The number of rotatable bonds is 0. The van der Waals surface area contributed by atoms with Crippen LogP contribution in [0.2, 0.25) is 0 Å². The van der Waals surface area contributed by atoms with Gasteiger partial charge in [-0.1, -0.05) is 6.07 Å². The molecule has 6 heteroatoms. The highest BCUT2D eigenvalue weighted by atomic mass is 19.1. The Morgan fingerprint density at radius 2 is 2.18 bits per heavy atom. The van der Waals surface area contributed by atoms with Gasteiger partial charge >= 0.3 is 6.09 Å². The zero-order valence-corrected chi connectivity index (χ0v) is 13.3. The summed E-state index contributed by atoms with van der Waals surface area (Å²) in [5, 5.41) is 3.36. The van der Waals surface area contributed by atoms with Crippen LogP contribution in [0.1, 0.15) is 39.2 Å². The number of nitrogens with zero attached hydrogens (tertiary/aromatic N) is 2. The number of aromatic nitrogens is 1. The van der Waals surface area contributed by atoms with Gasteiger partial charge in [-0.15, -0.1) is 0 Å². The molecule has 1 spiro atoms.